The first-order valence-electron chi connectivity index (χ1n) is 18.4. The van der Waals surface area contributed by atoms with E-state index < -0.39 is 19.3 Å². The summed E-state index contributed by atoms with van der Waals surface area (Å²) in [5, 5.41) is 9.13. The smallest absolute Gasteiger partial charge is 0.407 e. The Morgan fingerprint density at radius 3 is 2.33 bits per heavy atom. The summed E-state index contributed by atoms with van der Waals surface area (Å²) in [6.45, 7) is 19.6. The summed E-state index contributed by atoms with van der Waals surface area (Å²) in [4.78, 5) is 37.6. The number of nitrogens with one attached hydrogen (secondary N) is 1. The Labute approximate surface area is 312 Å². The van der Waals surface area contributed by atoms with E-state index >= 15 is 0 Å². The van der Waals surface area contributed by atoms with Crippen LogP contribution in [-0.2, 0) is 32.3 Å². The molecule has 14 heteroatoms. The van der Waals surface area contributed by atoms with E-state index in [9.17, 15) is 9.59 Å². The molecule has 0 saturated carbocycles. The van der Waals surface area contributed by atoms with Gasteiger partial charge in [-0.3, -0.25) is 9.48 Å². The predicted octanol–water partition coefficient (Wildman–Crippen LogP) is 8.17. The van der Waals surface area contributed by atoms with Gasteiger partial charge in [0.15, 0.2) is 5.65 Å². The molecule has 0 aliphatic carbocycles. The van der Waals surface area contributed by atoms with Crippen LogP contribution in [-0.4, -0.2) is 80.4 Å². The lowest BCUT2D eigenvalue weighted by molar-refractivity contribution is -0.155. The molecular weight excluding hydrogens is 698 g/mol. The average molecular weight is 752 g/mol. The van der Waals surface area contributed by atoms with Crippen LogP contribution in [0, 0.1) is 0 Å². The van der Waals surface area contributed by atoms with E-state index in [0.29, 0.717) is 24.9 Å². The number of aryl methyl sites for hydroxylation is 1. The van der Waals surface area contributed by atoms with Crippen molar-refractivity contribution < 1.29 is 23.8 Å². The fourth-order valence-electron chi connectivity index (χ4n) is 7.17. The zero-order chi connectivity index (χ0) is 37.6. The first kappa shape index (κ1) is 38.1. The van der Waals surface area contributed by atoms with Crippen molar-refractivity contribution in [2.75, 3.05) is 11.5 Å². The number of ether oxygens (including phenoxy) is 3. The van der Waals surface area contributed by atoms with Crippen LogP contribution in [0.5, 0.6) is 0 Å². The Balaban J connectivity index is 1.28. The van der Waals surface area contributed by atoms with Crippen LogP contribution in [0.4, 0.5) is 10.6 Å². The van der Waals surface area contributed by atoms with Crippen LogP contribution in [0.25, 0.3) is 33.2 Å². The monoisotopic (exact) mass is 751 g/mol. The highest BCUT2D eigenvalue weighted by Crippen LogP contribution is 2.41. The van der Waals surface area contributed by atoms with Crippen molar-refractivity contribution in [2.24, 2.45) is 0 Å². The minimum Gasteiger partial charge on any atom is -0.460 e. The van der Waals surface area contributed by atoms with Crippen molar-refractivity contribution in [3.8, 4) is 11.1 Å². The number of carbonyl (C=O) groups excluding carboxylic acids is 2. The number of aromatic nitrogens is 5. The first-order chi connectivity index (χ1) is 24.3. The minimum atomic E-state index is -1.27. The van der Waals surface area contributed by atoms with Gasteiger partial charge in [-0.25, -0.2) is 14.8 Å². The molecule has 1 N–H and O–H groups in total. The number of alkyl carbamates (subject to hydrolysis) is 1. The molecule has 4 aromatic rings. The summed E-state index contributed by atoms with van der Waals surface area (Å²) in [7, 11) is -1.27. The van der Waals surface area contributed by atoms with E-state index in [1.165, 1.54) is 0 Å². The third-order valence-corrected chi connectivity index (χ3v) is 11.5. The highest BCUT2D eigenvalue weighted by molar-refractivity contribution is 6.76. The van der Waals surface area contributed by atoms with Gasteiger partial charge in [0.05, 0.1) is 29.7 Å². The lowest BCUT2D eigenvalue weighted by Gasteiger charge is -2.39. The van der Waals surface area contributed by atoms with E-state index in [0.717, 1.165) is 70.7 Å². The second-order valence-electron chi connectivity index (χ2n) is 17.5. The molecular formula is C38H54ClN7O5Si. The lowest BCUT2D eigenvalue weighted by atomic mass is 9.97. The maximum Gasteiger partial charge on any atom is 0.407 e. The SMILES string of the molecule is CC(C)(C)OC(=O)CCn1cc2c(Cl)c(-c3cn(COCC[Si](C)(C)C)c4nc(N5[C@@H]6CC[C@H]5C[C@@H](NC(=O)OC(C)(C)C)C6)cnc34)ccc2n1. The van der Waals surface area contributed by atoms with Gasteiger partial charge in [-0.2, -0.15) is 5.10 Å². The lowest BCUT2D eigenvalue weighted by Crippen LogP contribution is -2.51. The first-order valence-corrected chi connectivity index (χ1v) is 22.5. The molecule has 2 aliphatic rings. The normalized spacial score (nSPS) is 19.4. The van der Waals surface area contributed by atoms with Gasteiger partial charge in [0.1, 0.15) is 29.3 Å². The number of fused-ring (bicyclic) bond motifs is 4. The molecule has 0 spiro atoms. The van der Waals surface area contributed by atoms with E-state index in [1.807, 2.05) is 76.8 Å². The standard InChI is InChI=1S/C38H54ClN7O5Si/c1-37(2,3)50-32(47)14-15-45-22-29-30(43-45)13-12-27(33(29)39)28-21-44(23-49-16-17-52(7,8)9)35-34(28)40-20-31(42-35)46-25-10-11-26(46)19-24(18-25)41-36(48)51-38(4,5)6/h12-13,20-22,24-26H,10-11,14-19,23H2,1-9H3,(H,41,48)/t24-,25+,26-. The largest absolute Gasteiger partial charge is 0.460 e. The second-order valence-corrected chi connectivity index (χ2v) is 23.5. The molecule has 1 amide bonds. The molecule has 3 aromatic heterocycles. The van der Waals surface area contributed by atoms with Gasteiger partial charge in [-0.15, -0.1) is 0 Å². The molecule has 2 saturated heterocycles. The topological polar surface area (TPSA) is 126 Å². The number of hydrogen-bond acceptors (Lipinski definition) is 9. The summed E-state index contributed by atoms with van der Waals surface area (Å²) in [6.07, 6.45) is 9.34. The van der Waals surface area contributed by atoms with Crippen molar-refractivity contribution in [3.05, 3.63) is 35.7 Å². The summed E-state index contributed by atoms with van der Waals surface area (Å²) in [6, 6.07) is 5.51. The van der Waals surface area contributed by atoms with Gasteiger partial charge in [-0.1, -0.05) is 37.3 Å². The molecule has 6 rings (SSSR count). The third kappa shape index (κ3) is 9.09. The number of hydrogen-bond donors (Lipinski definition) is 1. The summed E-state index contributed by atoms with van der Waals surface area (Å²) in [5.41, 5.74) is 2.82. The zero-order valence-electron chi connectivity index (χ0n) is 32.1. The summed E-state index contributed by atoms with van der Waals surface area (Å²) < 4.78 is 21.0. The fraction of sp³-hybridized carbons (Fsp3) is 0.605. The zero-order valence-corrected chi connectivity index (χ0v) is 33.8. The maximum atomic E-state index is 12.6. The van der Waals surface area contributed by atoms with E-state index in [-0.39, 0.29) is 36.6 Å². The molecule has 2 aliphatic heterocycles. The second kappa shape index (κ2) is 14.6. The Morgan fingerprint density at radius 2 is 1.67 bits per heavy atom. The molecule has 5 heterocycles. The van der Waals surface area contributed by atoms with Crippen LogP contribution in [0.3, 0.4) is 0 Å². The molecule has 2 bridgehead atoms. The van der Waals surface area contributed by atoms with Crippen LogP contribution in [0.2, 0.25) is 30.7 Å². The Hall–Kier alpha value is -3.68. The number of nitrogens with zero attached hydrogens (tertiary/aromatic N) is 6. The minimum absolute atomic E-state index is 0.0502. The van der Waals surface area contributed by atoms with Gasteiger partial charge in [0.25, 0.3) is 0 Å². The number of piperidine rings is 1. The molecule has 12 nitrogen and oxygen atoms in total. The van der Waals surface area contributed by atoms with Crippen LogP contribution < -0.4 is 10.2 Å². The van der Waals surface area contributed by atoms with E-state index in [2.05, 4.69) is 35.0 Å². The number of anilines is 1. The molecule has 52 heavy (non-hydrogen) atoms. The van der Waals surface area contributed by atoms with Gasteiger partial charge in [0, 0.05) is 61.7 Å². The quantitative estimate of drug-likeness (QED) is 0.0918. The van der Waals surface area contributed by atoms with Crippen molar-refractivity contribution in [1.82, 2.24) is 29.6 Å². The van der Waals surface area contributed by atoms with Crippen molar-refractivity contribution in [2.45, 2.75) is 142 Å². The fourth-order valence-corrected chi connectivity index (χ4v) is 8.24. The Morgan fingerprint density at radius 1 is 0.981 bits per heavy atom. The summed E-state index contributed by atoms with van der Waals surface area (Å²) in [5.74, 6) is 0.558. The highest BCUT2D eigenvalue weighted by Gasteiger charge is 2.42. The molecule has 0 radical (unpaired) electrons. The van der Waals surface area contributed by atoms with Crippen molar-refractivity contribution in [3.63, 3.8) is 0 Å². The number of esters is 1. The van der Waals surface area contributed by atoms with Gasteiger partial charge in [0.2, 0.25) is 0 Å². The molecule has 0 unspecified atom stereocenters. The molecule has 282 valence electrons. The average Bonchev–Trinajstić information content (AvgIpc) is 3.68. The van der Waals surface area contributed by atoms with Gasteiger partial charge >= 0.3 is 12.1 Å². The Bertz CT molecular complexity index is 1930. The molecule has 1 aromatic carbocycles. The van der Waals surface area contributed by atoms with Crippen LogP contribution in [0.15, 0.2) is 30.7 Å². The van der Waals surface area contributed by atoms with Crippen molar-refractivity contribution >= 4 is 59.6 Å². The molecule has 2 fully saturated rings. The highest BCUT2D eigenvalue weighted by atomic mass is 35.5. The van der Waals surface area contributed by atoms with Crippen LogP contribution >= 0.6 is 11.6 Å². The van der Waals surface area contributed by atoms with E-state index in [4.69, 9.17) is 35.8 Å². The third-order valence-electron chi connectivity index (χ3n) is 9.43. The number of rotatable bonds is 11. The maximum absolute atomic E-state index is 12.6. The number of carbonyl (C=O) groups is 2. The number of benzene rings is 1. The van der Waals surface area contributed by atoms with Gasteiger partial charge < -0.3 is 29.0 Å². The van der Waals surface area contributed by atoms with Crippen molar-refractivity contribution in [1.29, 1.82) is 0 Å². The molecule has 3 atom stereocenters. The summed E-state index contributed by atoms with van der Waals surface area (Å²) >= 11 is 7.13. The number of amides is 1. The Kier molecular flexibility index (Phi) is 10.7. The van der Waals surface area contributed by atoms with E-state index in [1.54, 1.807) is 4.68 Å². The van der Waals surface area contributed by atoms with Gasteiger partial charge in [-0.05, 0) is 79.3 Å². The number of halogens is 1. The van der Waals surface area contributed by atoms with Crippen LogP contribution in [0.1, 0.15) is 73.6 Å². The predicted molar refractivity (Wildman–Crippen MR) is 208 cm³/mol.